The molecule has 1 saturated heterocycles. The topological polar surface area (TPSA) is 72.3 Å². The summed E-state index contributed by atoms with van der Waals surface area (Å²) in [7, 11) is 1.66. The van der Waals surface area contributed by atoms with Crippen molar-refractivity contribution in [2.24, 2.45) is 5.92 Å². The molecule has 134 valence electrons. The maximum absolute atomic E-state index is 12.7. The number of nitrogens with one attached hydrogen (secondary N) is 1. The van der Waals surface area contributed by atoms with Gasteiger partial charge in [0.25, 0.3) is 5.91 Å². The van der Waals surface area contributed by atoms with E-state index >= 15 is 0 Å². The van der Waals surface area contributed by atoms with E-state index in [2.05, 4.69) is 19.9 Å². The van der Waals surface area contributed by atoms with E-state index < -0.39 is 0 Å². The number of anilines is 1. The van der Waals surface area contributed by atoms with Crippen molar-refractivity contribution < 1.29 is 9.53 Å². The second-order valence-electron chi connectivity index (χ2n) is 6.37. The number of ether oxygens (including phenoxy) is 1. The van der Waals surface area contributed by atoms with Crippen molar-refractivity contribution in [3.63, 3.8) is 0 Å². The number of methoxy groups -OCH3 is 1. The fourth-order valence-electron chi connectivity index (χ4n) is 3.18. The minimum atomic E-state index is 0.0614. The molecule has 1 aliphatic heterocycles. The standard InChI is InChI=1S/C18H25N5O2/c1-25-10-7-20-17-5-4-16(11-21-17)18(24)23-8-2-3-15(13-23)12-22-9-6-19-14-22/h4-6,9,11,14-15H,2-3,7-8,10,12-13H2,1H3,(H,20,21). The molecule has 7 heteroatoms. The maximum atomic E-state index is 12.7. The predicted molar refractivity (Wildman–Crippen MR) is 95.5 cm³/mol. The summed E-state index contributed by atoms with van der Waals surface area (Å²) in [6, 6.07) is 3.68. The second-order valence-corrected chi connectivity index (χ2v) is 6.37. The Bertz CT molecular complexity index is 657. The Morgan fingerprint density at radius 2 is 2.36 bits per heavy atom. The molecule has 0 saturated carbocycles. The lowest BCUT2D eigenvalue weighted by molar-refractivity contribution is 0.0662. The molecule has 2 aromatic heterocycles. The Morgan fingerprint density at radius 1 is 1.44 bits per heavy atom. The first-order chi connectivity index (χ1) is 12.3. The molecule has 3 heterocycles. The summed E-state index contributed by atoms with van der Waals surface area (Å²) < 4.78 is 7.08. The van der Waals surface area contributed by atoms with E-state index in [-0.39, 0.29) is 5.91 Å². The highest BCUT2D eigenvalue weighted by molar-refractivity contribution is 5.94. The van der Waals surface area contributed by atoms with Crippen molar-refractivity contribution in [3.8, 4) is 0 Å². The highest BCUT2D eigenvalue weighted by Crippen LogP contribution is 2.20. The van der Waals surface area contributed by atoms with Gasteiger partial charge in [-0.1, -0.05) is 0 Å². The Balaban J connectivity index is 1.56. The second kappa shape index (κ2) is 8.62. The Morgan fingerprint density at radius 3 is 3.08 bits per heavy atom. The predicted octanol–water partition coefficient (Wildman–Crippen LogP) is 1.89. The van der Waals surface area contributed by atoms with Gasteiger partial charge in [0.05, 0.1) is 18.5 Å². The molecule has 7 nitrogen and oxygen atoms in total. The number of carbonyl (C=O) groups excluding carboxylic acids is 1. The van der Waals surface area contributed by atoms with Crippen LogP contribution in [0.4, 0.5) is 5.82 Å². The van der Waals surface area contributed by atoms with Crippen LogP contribution in [-0.2, 0) is 11.3 Å². The Labute approximate surface area is 148 Å². The number of amides is 1. The summed E-state index contributed by atoms with van der Waals surface area (Å²) in [6.45, 7) is 3.82. The van der Waals surface area contributed by atoms with Crippen LogP contribution < -0.4 is 5.32 Å². The first-order valence-corrected chi connectivity index (χ1v) is 8.70. The number of pyridine rings is 1. The van der Waals surface area contributed by atoms with Gasteiger partial charge in [-0.3, -0.25) is 4.79 Å². The van der Waals surface area contributed by atoms with Gasteiger partial charge in [-0.05, 0) is 30.9 Å². The molecule has 0 aliphatic carbocycles. The van der Waals surface area contributed by atoms with E-state index in [1.807, 2.05) is 29.6 Å². The van der Waals surface area contributed by atoms with E-state index in [1.54, 1.807) is 19.5 Å². The summed E-state index contributed by atoms with van der Waals surface area (Å²) in [5.74, 6) is 1.28. The molecular formula is C18H25N5O2. The lowest BCUT2D eigenvalue weighted by Gasteiger charge is -2.33. The SMILES string of the molecule is COCCNc1ccc(C(=O)N2CCCC(Cn3ccnc3)C2)cn1. The molecule has 0 bridgehead atoms. The van der Waals surface area contributed by atoms with E-state index in [1.165, 1.54) is 0 Å². The fourth-order valence-corrected chi connectivity index (χ4v) is 3.18. The van der Waals surface area contributed by atoms with Crippen LogP contribution in [0.15, 0.2) is 37.1 Å². The van der Waals surface area contributed by atoms with Crippen molar-refractivity contribution in [2.45, 2.75) is 19.4 Å². The fraction of sp³-hybridized carbons (Fsp3) is 0.500. The molecule has 0 radical (unpaired) electrons. The van der Waals surface area contributed by atoms with Gasteiger partial charge in [0.2, 0.25) is 0 Å². The molecule has 2 aromatic rings. The van der Waals surface area contributed by atoms with E-state index in [0.29, 0.717) is 24.6 Å². The largest absolute Gasteiger partial charge is 0.383 e. The normalized spacial score (nSPS) is 17.5. The third-order valence-electron chi connectivity index (χ3n) is 4.46. The smallest absolute Gasteiger partial charge is 0.255 e. The highest BCUT2D eigenvalue weighted by atomic mass is 16.5. The van der Waals surface area contributed by atoms with Gasteiger partial charge in [-0.15, -0.1) is 0 Å². The molecule has 1 aliphatic rings. The van der Waals surface area contributed by atoms with Crippen LogP contribution in [0.5, 0.6) is 0 Å². The van der Waals surface area contributed by atoms with E-state index in [0.717, 1.165) is 38.3 Å². The molecule has 1 N–H and O–H groups in total. The molecular weight excluding hydrogens is 318 g/mol. The zero-order chi connectivity index (χ0) is 17.5. The van der Waals surface area contributed by atoms with Gasteiger partial charge in [-0.2, -0.15) is 0 Å². The number of aromatic nitrogens is 3. The van der Waals surface area contributed by atoms with Gasteiger partial charge in [0.15, 0.2) is 0 Å². The minimum absolute atomic E-state index is 0.0614. The molecule has 0 aromatic carbocycles. The third-order valence-corrected chi connectivity index (χ3v) is 4.46. The molecule has 1 amide bonds. The number of hydrogen-bond donors (Lipinski definition) is 1. The average Bonchev–Trinajstić information content (AvgIpc) is 3.15. The van der Waals surface area contributed by atoms with Gasteiger partial charge < -0.3 is 19.5 Å². The van der Waals surface area contributed by atoms with Crippen molar-refractivity contribution in [1.82, 2.24) is 19.4 Å². The first kappa shape index (κ1) is 17.4. The summed E-state index contributed by atoms with van der Waals surface area (Å²) >= 11 is 0. The van der Waals surface area contributed by atoms with Crippen molar-refractivity contribution in [1.29, 1.82) is 0 Å². The summed E-state index contributed by atoms with van der Waals surface area (Å²) in [5, 5.41) is 3.15. The van der Waals surface area contributed by atoms with Gasteiger partial charge in [-0.25, -0.2) is 9.97 Å². The number of hydrogen-bond acceptors (Lipinski definition) is 5. The van der Waals surface area contributed by atoms with Crippen LogP contribution in [-0.4, -0.2) is 58.7 Å². The van der Waals surface area contributed by atoms with Crippen molar-refractivity contribution in [3.05, 3.63) is 42.6 Å². The number of rotatable bonds is 7. The van der Waals surface area contributed by atoms with Crippen molar-refractivity contribution >= 4 is 11.7 Å². The number of likely N-dealkylation sites (tertiary alicyclic amines) is 1. The third kappa shape index (κ3) is 4.79. The van der Waals surface area contributed by atoms with E-state index in [4.69, 9.17) is 4.74 Å². The van der Waals surface area contributed by atoms with E-state index in [9.17, 15) is 4.79 Å². The van der Waals surface area contributed by atoms with Gasteiger partial charge in [0.1, 0.15) is 5.82 Å². The molecule has 25 heavy (non-hydrogen) atoms. The minimum Gasteiger partial charge on any atom is -0.383 e. The van der Waals surface area contributed by atoms with Crippen LogP contribution in [0.1, 0.15) is 23.2 Å². The highest BCUT2D eigenvalue weighted by Gasteiger charge is 2.24. The molecule has 1 unspecified atom stereocenters. The molecule has 1 fully saturated rings. The number of carbonyl (C=O) groups is 1. The van der Waals surface area contributed by atoms with Crippen LogP contribution in [0.25, 0.3) is 0 Å². The number of nitrogens with zero attached hydrogens (tertiary/aromatic N) is 4. The summed E-state index contributed by atoms with van der Waals surface area (Å²) in [4.78, 5) is 23.1. The zero-order valence-corrected chi connectivity index (χ0v) is 14.6. The van der Waals surface area contributed by atoms with Crippen LogP contribution in [0.2, 0.25) is 0 Å². The van der Waals surface area contributed by atoms with Crippen molar-refractivity contribution in [2.75, 3.05) is 38.7 Å². The Kier molecular flexibility index (Phi) is 6.00. The average molecular weight is 343 g/mol. The van der Waals surface area contributed by atoms with Gasteiger partial charge in [0, 0.05) is 51.9 Å². The lowest BCUT2D eigenvalue weighted by atomic mass is 9.97. The van der Waals surface area contributed by atoms with Crippen LogP contribution in [0, 0.1) is 5.92 Å². The van der Waals surface area contributed by atoms with Crippen LogP contribution in [0.3, 0.4) is 0 Å². The number of piperidine rings is 1. The summed E-state index contributed by atoms with van der Waals surface area (Å²) in [5.41, 5.74) is 0.639. The summed E-state index contributed by atoms with van der Waals surface area (Å²) in [6.07, 6.45) is 9.42. The molecule has 0 spiro atoms. The maximum Gasteiger partial charge on any atom is 0.255 e. The van der Waals surface area contributed by atoms with Gasteiger partial charge >= 0.3 is 0 Å². The number of imidazole rings is 1. The first-order valence-electron chi connectivity index (χ1n) is 8.70. The molecule has 1 atom stereocenters. The zero-order valence-electron chi connectivity index (χ0n) is 14.6. The lowest BCUT2D eigenvalue weighted by Crippen LogP contribution is -2.41. The monoisotopic (exact) mass is 343 g/mol. The van der Waals surface area contributed by atoms with Crippen LogP contribution >= 0.6 is 0 Å². The Hall–Kier alpha value is -2.41. The molecule has 3 rings (SSSR count). The quantitative estimate of drug-likeness (QED) is 0.777.